The van der Waals surface area contributed by atoms with Gasteiger partial charge in [0.2, 0.25) is 11.8 Å². The molecule has 2 amide bonds. The average molecular weight is 358 g/mol. The van der Waals surface area contributed by atoms with Gasteiger partial charge in [-0.1, -0.05) is 12.1 Å². The molecule has 2 aromatic rings. The third kappa shape index (κ3) is 3.14. The number of para-hydroxylation sites is 2. The summed E-state index contributed by atoms with van der Waals surface area (Å²) in [6.45, 7) is 4.07. The molecule has 1 aliphatic heterocycles. The van der Waals surface area contributed by atoms with Gasteiger partial charge >= 0.3 is 5.97 Å². The molecule has 1 aliphatic rings. The molecule has 8 nitrogen and oxygen atoms in total. The van der Waals surface area contributed by atoms with E-state index in [9.17, 15) is 14.4 Å². The molecule has 1 saturated heterocycles. The number of carbonyl (C=O) groups excluding carboxylic acids is 3. The molecule has 2 heterocycles. The van der Waals surface area contributed by atoms with Crippen LogP contribution in [-0.4, -0.2) is 69.9 Å². The van der Waals surface area contributed by atoms with Crippen molar-refractivity contribution in [3.05, 3.63) is 30.6 Å². The molecule has 2 unspecified atom stereocenters. The number of fused-ring (bicyclic) bond motifs is 1. The molecule has 1 aromatic carbocycles. The molecule has 8 heteroatoms. The number of carbonyl (C=O) groups is 3. The Balaban J connectivity index is 1.76. The Kier molecular flexibility index (Phi) is 4.92. The molecule has 1 fully saturated rings. The fraction of sp³-hybridized carbons (Fsp3) is 0.444. The Bertz CT molecular complexity index is 847. The lowest BCUT2D eigenvalue weighted by atomic mass is 10.1. The van der Waals surface area contributed by atoms with E-state index in [-0.39, 0.29) is 18.4 Å². The summed E-state index contributed by atoms with van der Waals surface area (Å²) < 4.78 is 6.43. The number of ether oxygens (including phenoxy) is 1. The zero-order chi connectivity index (χ0) is 18.8. The maximum Gasteiger partial charge on any atom is 0.325 e. The smallest absolute Gasteiger partial charge is 0.325 e. The van der Waals surface area contributed by atoms with Gasteiger partial charge in [0.05, 0.1) is 24.5 Å². The number of benzene rings is 1. The lowest BCUT2D eigenvalue weighted by molar-refractivity contribution is -0.156. The zero-order valence-electron chi connectivity index (χ0n) is 15.1. The standard InChI is InChI=1S/C18H22N4O4/c1-12-17(24)20(10-16(23)26-3)8-9-21(12)18(25)13(2)22-11-19-14-6-4-5-7-15(14)22/h4-7,11-13H,8-10H2,1-3H3. The number of imidazole rings is 1. The minimum atomic E-state index is -0.627. The van der Waals surface area contributed by atoms with Gasteiger partial charge < -0.3 is 19.1 Å². The number of amides is 2. The van der Waals surface area contributed by atoms with E-state index in [0.717, 1.165) is 11.0 Å². The Morgan fingerprint density at radius 3 is 2.77 bits per heavy atom. The molecule has 2 atom stereocenters. The molecule has 3 rings (SSSR count). The fourth-order valence-electron chi connectivity index (χ4n) is 3.25. The lowest BCUT2D eigenvalue weighted by Gasteiger charge is -2.39. The van der Waals surface area contributed by atoms with Crippen molar-refractivity contribution in [3.8, 4) is 0 Å². The van der Waals surface area contributed by atoms with Crippen LogP contribution >= 0.6 is 0 Å². The van der Waals surface area contributed by atoms with Gasteiger partial charge in [-0.25, -0.2) is 4.98 Å². The van der Waals surface area contributed by atoms with Crippen LogP contribution in [0.1, 0.15) is 19.9 Å². The SMILES string of the molecule is COC(=O)CN1CCN(C(=O)C(C)n2cnc3ccccc32)C(C)C1=O. The summed E-state index contributed by atoms with van der Waals surface area (Å²) in [5.74, 6) is -0.868. The Morgan fingerprint density at radius 1 is 1.31 bits per heavy atom. The molecular weight excluding hydrogens is 336 g/mol. The fourth-order valence-corrected chi connectivity index (χ4v) is 3.25. The number of nitrogens with zero attached hydrogens (tertiary/aromatic N) is 4. The second-order valence-corrected chi connectivity index (χ2v) is 6.36. The summed E-state index contributed by atoms with van der Waals surface area (Å²) in [5, 5.41) is 0. The molecule has 0 N–H and O–H groups in total. The summed E-state index contributed by atoms with van der Waals surface area (Å²) in [7, 11) is 1.28. The summed E-state index contributed by atoms with van der Waals surface area (Å²) >= 11 is 0. The van der Waals surface area contributed by atoms with Gasteiger partial charge in [-0.3, -0.25) is 14.4 Å². The van der Waals surface area contributed by atoms with E-state index >= 15 is 0 Å². The Morgan fingerprint density at radius 2 is 2.04 bits per heavy atom. The topological polar surface area (TPSA) is 84.7 Å². The van der Waals surface area contributed by atoms with Gasteiger partial charge in [0.1, 0.15) is 18.6 Å². The van der Waals surface area contributed by atoms with Crippen LogP contribution in [-0.2, 0) is 19.1 Å². The van der Waals surface area contributed by atoms with Crippen LogP contribution in [0.5, 0.6) is 0 Å². The van der Waals surface area contributed by atoms with Crippen molar-refractivity contribution in [2.75, 3.05) is 26.7 Å². The second-order valence-electron chi connectivity index (χ2n) is 6.36. The van der Waals surface area contributed by atoms with Crippen molar-refractivity contribution in [1.82, 2.24) is 19.4 Å². The van der Waals surface area contributed by atoms with Gasteiger partial charge in [-0.05, 0) is 26.0 Å². The maximum absolute atomic E-state index is 13.0. The van der Waals surface area contributed by atoms with E-state index in [1.54, 1.807) is 25.1 Å². The van der Waals surface area contributed by atoms with Crippen LogP contribution in [0.3, 0.4) is 0 Å². The van der Waals surface area contributed by atoms with Crippen molar-refractivity contribution < 1.29 is 19.1 Å². The van der Waals surface area contributed by atoms with E-state index in [2.05, 4.69) is 9.72 Å². The molecule has 0 radical (unpaired) electrons. The maximum atomic E-state index is 13.0. The van der Waals surface area contributed by atoms with E-state index in [4.69, 9.17) is 0 Å². The average Bonchev–Trinajstić information content (AvgIpc) is 3.08. The van der Waals surface area contributed by atoms with Gasteiger partial charge in [-0.15, -0.1) is 0 Å². The third-order valence-electron chi connectivity index (χ3n) is 4.83. The monoisotopic (exact) mass is 358 g/mol. The van der Waals surface area contributed by atoms with Gasteiger partial charge in [0.25, 0.3) is 0 Å². The highest BCUT2D eigenvalue weighted by atomic mass is 16.5. The van der Waals surface area contributed by atoms with Crippen molar-refractivity contribution in [2.45, 2.75) is 25.9 Å². The second kappa shape index (κ2) is 7.15. The number of hydrogen-bond donors (Lipinski definition) is 0. The molecule has 0 spiro atoms. The van der Waals surface area contributed by atoms with Crippen molar-refractivity contribution in [3.63, 3.8) is 0 Å². The molecule has 0 bridgehead atoms. The summed E-state index contributed by atoms with van der Waals surface area (Å²) in [5.41, 5.74) is 1.69. The van der Waals surface area contributed by atoms with E-state index < -0.39 is 18.1 Å². The van der Waals surface area contributed by atoms with Crippen LogP contribution in [0.4, 0.5) is 0 Å². The number of methoxy groups -OCH3 is 1. The summed E-state index contributed by atoms with van der Waals surface area (Å²) in [4.78, 5) is 44.3. The van der Waals surface area contributed by atoms with Crippen LogP contribution in [0.25, 0.3) is 11.0 Å². The largest absolute Gasteiger partial charge is 0.468 e. The van der Waals surface area contributed by atoms with Crippen LogP contribution in [0.15, 0.2) is 30.6 Å². The zero-order valence-corrected chi connectivity index (χ0v) is 15.1. The first-order chi connectivity index (χ1) is 12.4. The quantitative estimate of drug-likeness (QED) is 0.756. The molecule has 0 aliphatic carbocycles. The highest BCUT2D eigenvalue weighted by molar-refractivity contribution is 5.92. The number of piperazine rings is 1. The Hall–Kier alpha value is -2.90. The summed E-state index contributed by atoms with van der Waals surface area (Å²) in [6.07, 6.45) is 1.65. The van der Waals surface area contributed by atoms with E-state index in [1.807, 2.05) is 28.8 Å². The van der Waals surface area contributed by atoms with Crippen molar-refractivity contribution in [1.29, 1.82) is 0 Å². The van der Waals surface area contributed by atoms with Gasteiger partial charge in [0, 0.05) is 13.1 Å². The van der Waals surface area contributed by atoms with Crippen LogP contribution in [0, 0.1) is 0 Å². The predicted molar refractivity (Wildman–Crippen MR) is 94.2 cm³/mol. The number of aromatic nitrogens is 2. The first kappa shape index (κ1) is 17.9. The highest BCUT2D eigenvalue weighted by Gasteiger charge is 2.37. The van der Waals surface area contributed by atoms with E-state index in [1.165, 1.54) is 12.0 Å². The lowest BCUT2D eigenvalue weighted by Crippen LogP contribution is -2.59. The summed E-state index contributed by atoms with van der Waals surface area (Å²) in [6, 6.07) is 6.49. The van der Waals surface area contributed by atoms with Crippen LogP contribution in [0.2, 0.25) is 0 Å². The molecule has 0 saturated carbocycles. The number of esters is 1. The number of rotatable bonds is 4. The van der Waals surface area contributed by atoms with E-state index in [0.29, 0.717) is 13.1 Å². The number of hydrogen-bond acceptors (Lipinski definition) is 5. The van der Waals surface area contributed by atoms with Gasteiger partial charge in [0.15, 0.2) is 0 Å². The predicted octanol–water partition coefficient (Wildman–Crippen LogP) is 0.830. The molecular formula is C18H22N4O4. The molecule has 1 aromatic heterocycles. The minimum absolute atomic E-state index is 0.0938. The third-order valence-corrected chi connectivity index (χ3v) is 4.83. The Labute approximate surface area is 151 Å². The molecule has 138 valence electrons. The first-order valence-electron chi connectivity index (χ1n) is 8.51. The van der Waals surface area contributed by atoms with Crippen molar-refractivity contribution in [2.24, 2.45) is 0 Å². The normalized spacial score (nSPS) is 18.9. The van der Waals surface area contributed by atoms with Crippen LogP contribution < -0.4 is 0 Å². The highest BCUT2D eigenvalue weighted by Crippen LogP contribution is 2.21. The van der Waals surface area contributed by atoms with Gasteiger partial charge in [-0.2, -0.15) is 0 Å². The molecule has 26 heavy (non-hydrogen) atoms. The van der Waals surface area contributed by atoms with Crippen molar-refractivity contribution >= 4 is 28.8 Å². The minimum Gasteiger partial charge on any atom is -0.468 e. The first-order valence-corrected chi connectivity index (χ1v) is 8.51.